The first-order chi connectivity index (χ1) is 13.2. The smallest absolute Gasteiger partial charge is 0.248 e. The van der Waals surface area contributed by atoms with Gasteiger partial charge in [-0.25, -0.2) is 4.39 Å². The highest BCUT2D eigenvalue weighted by atomic mass is 32.1. The molecule has 0 aliphatic carbocycles. The first-order valence-corrected chi connectivity index (χ1v) is 9.87. The third-order valence-electron chi connectivity index (χ3n) is 4.94. The van der Waals surface area contributed by atoms with Crippen LogP contribution in [-0.2, 0) is 9.53 Å². The van der Waals surface area contributed by atoms with E-state index in [4.69, 9.17) is 9.47 Å². The monoisotopic (exact) mass is 392 g/mol. The number of piperidine rings is 1. The molecule has 0 spiro atoms. The molecular formula is C18H21FN4O3S. The highest BCUT2D eigenvalue weighted by molar-refractivity contribution is 7.13. The standard InChI is InChI=1S/C18H21FN4O3S/c19-13-1-3-15(4-2-13)25-10-16-9-23(17(24)11-26-16)14-5-7-22(8-6-14)18-21-20-12-27-18/h1-4,12,14,16H,5-11H2. The fourth-order valence-corrected chi connectivity index (χ4v) is 4.11. The van der Waals surface area contributed by atoms with E-state index in [1.807, 2.05) is 4.90 Å². The Morgan fingerprint density at radius 2 is 2.04 bits per heavy atom. The lowest BCUT2D eigenvalue weighted by Crippen LogP contribution is -2.55. The lowest BCUT2D eigenvalue weighted by molar-refractivity contribution is -0.154. The predicted molar refractivity (Wildman–Crippen MR) is 98.5 cm³/mol. The summed E-state index contributed by atoms with van der Waals surface area (Å²) in [7, 11) is 0. The SMILES string of the molecule is O=C1COC(COc2ccc(F)cc2)CN1C1CCN(c2nncs2)CC1. The van der Waals surface area contributed by atoms with Crippen molar-refractivity contribution in [2.24, 2.45) is 0 Å². The molecule has 0 radical (unpaired) electrons. The zero-order valence-corrected chi connectivity index (χ0v) is 15.6. The van der Waals surface area contributed by atoms with Crippen LogP contribution in [0.2, 0.25) is 0 Å². The number of hydrogen-bond donors (Lipinski definition) is 0. The Labute approximate surface area is 160 Å². The van der Waals surface area contributed by atoms with Gasteiger partial charge in [-0.3, -0.25) is 4.79 Å². The first-order valence-electron chi connectivity index (χ1n) is 8.99. The molecule has 4 rings (SSSR count). The third kappa shape index (κ3) is 4.36. The number of aromatic nitrogens is 2. The van der Waals surface area contributed by atoms with Crippen LogP contribution in [0.15, 0.2) is 29.8 Å². The van der Waals surface area contributed by atoms with Gasteiger partial charge < -0.3 is 19.3 Å². The Hall–Kier alpha value is -2.26. The molecular weight excluding hydrogens is 371 g/mol. The third-order valence-corrected chi connectivity index (χ3v) is 5.69. The number of nitrogens with zero attached hydrogens (tertiary/aromatic N) is 4. The Bertz CT molecular complexity index is 750. The predicted octanol–water partition coefficient (Wildman–Crippen LogP) is 1.95. The van der Waals surface area contributed by atoms with Crippen LogP contribution in [0.25, 0.3) is 0 Å². The molecule has 1 aromatic carbocycles. The molecule has 1 aromatic heterocycles. The maximum atomic E-state index is 13.0. The van der Waals surface area contributed by atoms with E-state index >= 15 is 0 Å². The molecule has 1 amide bonds. The molecule has 1 atom stereocenters. The van der Waals surface area contributed by atoms with E-state index in [0.29, 0.717) is 18.9 Å². The molecule has 3 heterocycles. The van der Waals surface area contributed by atoms with Crippen molar-refractivity contribution in [3.05, 3.63) is 35.6 Å². The van der Waals surface area contributed by atoms with Crippen molar-refractivity contribution in [2.45, 2.75) is 25.0 Å². The van der Waals surface area contributed by atoms with Crippen molar-refractivity contribution >= 4 is 22.4 Å². The fraction of sp³-hybridized carbons (Fsp3) is 0.500. The van der Waals surface area contributed by atoms with Crippen molar-refractivity contribution in [2.75, 3.05) is 37.7 Å². The number of anilines is 1. The molecule has 27 heavy (non-hydrogen) atoms. The molecule has 0 N–H and O–H groups in total. The number of carbonyl (C=O) groups is 1. The van der Waals surface area contributed by atoms with Gasteiger partial charge in [-0.15, -0.1) is 10.2 Å². The normalized spacial score (nSPS) is 21.5. The van der Waals surface area contributed by atoms with Gasteiger partial charge in [-0.2, -0.15) is 0 Å². The molecule has 7 nitrogen and oxygen atoms in total. The Morgan fingerprint density at radius 3 is 2.74 bits per heavy atom. The van der Waals surface area contributed by atoms with Gasteiger partial charge in [0, 0.05) is 19.1 Å². The molecule has 144 valence electrons. The summed E-state index contributed by atoms with van der Waals surface area (Å²) in [5.41, 5.74) is 1.73. The van der Waals surface area contributed by atoms with E-state index < -0.39 is 0 Å². The second-order valence-corrected chi connectivity index (χ2v) is 7.50. The van der Waals surface area contributed by atoms with E-state index in [1.165, 1.54) is 23.5 Å². The number of amides is 1. The molecule has 0 bridgehead atoms. The molecule has 0 saturated carbocycles. The Kier molecular flexibility index (Phi) is 5.49. The second-order valence-electron chi connectivity index (χ2n) is 6.68. The van der Waals surface area contributed by atoms with E-state index in [1.54, 1.807) is 17.6 Å². The highest BCUT2D eigenvalue weighted by Gasteiger charge is 2.34. The number of benzene rings is 1. The van der Waals surface area contributed by atoms with E-state index in [0.717, 1.165) is 31.1 Å². The number of rotatable bonds is 5. The Morgan fingerprint density at radius 1 is 1.26 bits per heavy atom. The second kappa shape index (κ2) is 8.18. The van der Waals surface area contributed by atoms with Gasteiger partial charge in [0.15, 0.2) is 0 Å². The minimum atomic E-state index is -0.298. The maximum Gasteiger partial charge on any atom is 0.248 e. The lowest BCUT2D eigenvalue weighted by Gasteiger charge is -2.42. The van der Waals surface area contributed by atoms with E-state index in [9.17, 15) is 9.18 Å². The van der Waals surface area contributed by atoms with Crippen LogP contribution in [-0.4, -0.2) is 66.0 Å². The largest absolute Gasteiger partial charge is 0.491 e. The van der Waals surface area contributed by atoms with Gasteiger partial charge >= 0.3 is 0 Å². The summed E-state index contributed by atoms with van der Waals surface area (Å²) in [6, 6.07) is 6.10. The van der Waals surface area contributed by atoms with Gasteiger partial charge in [0.2, 0.25) is 11.0 Å². The maximum absolute atomic E-state index is 13.0. The van der Waals surface area contributed by atoms with Gasteiger partial charge in [0.05, 0.1) is 6.54 Å². The molecule has 2 aliphatic heterocycles. The average molecular weight is 392 g/mol. The molecule has 2 aromatic rings. The zero-order valence-electron chi connectivity index (χ0n) is 14.8. The average Bonchev–Trinajstić information content (AvgIpc) is 3.24. The van der Waals surface area contributed by atoms with Crippen LogP contribution in [0.4, 0.5) is 9.52 Å². The first kappa shape index (κ1) is 18.1. The van der Waals surface area contributed by atoms with Crippen LogP contribution >= 0.6 is 11.3 Å². The zero-order chi connectivity index (χ0) is 18.6. The van der Waals surface area contributed by atoms with Crippen molar-refractivity contribution in [3.63, 3.8) is 0 Å². The number of morpholine rings is 1. The molecule has 2 aliphatic rings. The lowest BCUT2D eigenvalue weighted by atomic mass is 10.0. The van der Waals surface area contributed by atoms with Gasteiger partial charge in [0.1, 0.15) is 36.4 Å². The summed E-state index contributed by atoms with van der Waals surface area (Å²) in [6.07, 6.45) is 1.61. The molecule has 1 unspecified atom stereocenters. The van der Waals surface area contributed by atoms with Crippen LogP contribution in [0.5, 0.6) is 5.75 Å². The van der Waals surface area contributed by atoms with Gasteiger partial charge in [0.25, 0.3) is 0 Å². The van der Waals surface area contributed by atoms with Gasteiger partial charge in [-0.1, -0.05) is 11.3 Å². The minimum absolute atomic E-state index is 0.0300. The number of ether oxygens (including phenoxy) is 2. The molecule has 2 saturated heterocycles. The van der Waals surface area contributed by atoms with Crippen molar-refractivity contribution in [1.82, 2.24) is 15.1 Å². The van der Waals surface area contributed by atoms with Gasteiger partial charge in [-0.05, 0) is 37.1 Å². The summed E-state index contributed by atoms with van der Waals surface area (Å²) < 4.78 is 24.3. The number of carbonyl (C=O) groups excluding carboxylic acids is 1. The minimum Gasteiger partial charge on any atom is -0.491 e. The summed E-state index contributed by atoms with van der Waals surface area (Å²) in [4.78, 5) is 16.5. The van der Waals surface area contributed by atoms with Crippen molar-refractivity contribution in [3.8, 4) is 5.75 Å². The quantitative estimate of drug-likeness (QED) is 0.775. The van der Waals surface area contributed by atoms with Crippen LogP contribution in [0.1, 0.15) is 12.8 Å². The summed E-state index contributed by atoms with van der Waals surface area (Å²) in [5, 5.41) is 8.94. The highest BCUT2D eigenvalue weighted by Crippen LogP contribution is 2.25. The topological polar surface area (TPSA) is 67.8 Å². The Balaban J connectivity index is 1.30. The molecule has 9 heteroatoms. The summed E-state index contributed by atoms with van der Waals surface area (Å²) in [6.45, 7) is 2.65. The van der Waals surface area contributed by atoms with E-state index in [-0.39, 0.29) is 30.5 Å². The van der Waals surface area contributed by atoms with Crippen LogP contribution in [0, 0.1) is 5.82 Å². The van der Waals surface area contributed by atoms with Crippen molar-refractivity contribution in [1.29, 1.82) is 0 Å². The summed E-state index contributed by atoms with van der Waals surface area (Å²) in [5.74, 6) is 0.323. The van der Waals surface area contributed by atoms with Crippen LogP contribution in [0.3, 0.4) is 0 Å². The summed E-state index contributed by atoms with van der Waals surface area (Å²) >= 11 is 1.54. The number of hydrogen-bond acceptors (Lipinski definition) is 7. The van der Waals surface area contributed by atoms with Crippen LogP contribution < -0.4 is 9.64 Å². The molecule has 2 fully saturated rings. The number of halogens is 1. The fourth-order valence-electron chi connectivity index (χ4n) is 3.49. The van der Waals surface area contributed by atoms with E-state index in [2.05, 4.69) is 15.1 Å². The van der Waals surface area contributed by atoms with Crippen molar-refractivity contribution < 1.29 is 18.7 Å².